The van der Waals surface area contributed by atoms with Gasteiger partial charge in [0, 0.05) is 19.2 Å². The summed E-state index contributed by atoms with van der Waals surface area (Å²) in [5.74, 6) is -2.95. The molecular formula is C19H18F2N2O2. The zero-order valence-corrected chi connectivity index (χ0v) is 13.9. The van der Waals surface area contributed by atoms with E-state index in [1.165, 1.54) is 11.0 Å². The van der Waals surface area contributed by atoms with Gasteiger partial charge in [-0.25, -0.2) is 8.78 Å². The molecule has 2 amide bonds. The van der Waals surface area contributed by atoms with Gasteiger partial charge in [-0.15, -0.1) is 0 Å². The molecule has 0 spiro atoms. The molecule has 130 valence electrons. The maximum absolute atomic E-state index is 13.4. The molecule has 0 radical (unpaired) electrons. The Bertz CT molecular complexity index is 838. The molecule has 1 aliphatic heterocycles. The molecule has 0 fully saturated rings. The van der Waals surface area contributed by atoms with Crippen molar-refractivity contribution in [3.05, 3.63) is 65.2 Å². The van der Waals surface area contributed by atoms with E-state index in [0.29, 0.717) is 11.3 Å². The number of carbonyl (C=O) groups is 2. The fourth-order valence-electron chi connectivity index (χ4n) is 3.06. The maximum Gasteiger partial charge on any atom is 0.228 e. The summed E-state index contributed by atoms with van der Waals surface area (Å²) in [6.45, 7) is 1.69. The first-order valence-electron chi connectivity index (χ1n) is 7.99. The van der Waals surface area contributed by atoms with Crippen molar-refractivity contribution in [1.29, 1.82) is 0 Å². The first kappa shape index (κ1) is 17.1. The summed E-state index contributed by atoms with van der Waals surface area (Å²) in [5.41, 5.74) is 1.94. The summed E-state index contributed by atoms with van der Waals surface area (Å²) in [6.07, 6.45) is 0.0733. The predicted molar refractivity (Wildman–Crippen MR) is 90.1 cm³/mol. The minimum absolute atomic E-state index is 0.0733. The summed E-state index contributed by atoms with van der Waals surface area (Å²) in [6, 6.07) is 10.3. The fraction of sp³-hybridized carbons (Fsp3) is 0.263. The van der Waals surface area contributed by atoms with E-state index in [2.05, 4.69) is 5.32 Å². The lowest BCUT2D eigenvalue weighted by molar-refractivity contribution is -0.127. The normalized spacial score (nSPS) is 17.8. The molecule has 0 aliphatic carbocycles. The summed E-state index contributed by atoms with van der Waals surface area (Å²) in [5, 5.41) is 2.79. The Labute approximate surface area is 144 Å². The van der Waals surface area contributed by atoms with Gasteiger partial charge in [-0.05, 0) is 36.2 Å². The molecule has 0 bridgehead atoms. The summed E-state index contributed by atoms with van der Waals surface area (Å²) >= 11 is 0. The van der Waals surface area contributed by atoms with Crippen molar-refractivity contribution < 1.29 is 18.4 Å². The molecule has 4 nitrogen and oxygen atoms in total. The lowest BCUT2D eigenvalue weighted by Crippen LogP contribution is -2.40. The Hall–Kier alpha value is -2.76. The SMILES string of the molecule is C[C@@H](NC(=O)[C@@H]1CC(=O)N(C)c2ccccc21)c1ccc(F)c(F)c1. The number of para-hydroxylation sites is 1. The Morgan fingerprint density at radius 2 is 1.92 bits per heavy atom. The van der Waals surface area contributed by atoms with E-state index in [1.54, 1.807) is 20.0 Å². The van der Waals surface area contributed by atoms with Crippen molar-refractivity contribution in [2.45, 2.75) is 25.3 Å². The fourth-order valence-corrected chi connectivity index (χ4v) is 3.06. The van der Waals surface area contributed by atoms with Gasteiger partial charge in [0.05, 0.1) is 12.0 Å². The second-order valence-electron chi connectivity index (χ2n) is 6.17. The lowest BCUT2D eigenvalue weighted by Gasteiger charge is -2.31. The van der Waals surface area contributed by atoms with Gasteiger partial charge in [0.25, 0.3) is 0 Å². The number of anilines is 1. The highest BCUT2D eigenvalue weighted by molar-refractivity contribution is 6.02. The highest BCUT2D eigenvalue weighted by Gasteiger charge is 2.34. The molecule has 0 unspecified atom stereocenters. The summed E-state index contributed by atoms with van der Waals surface area (Å²) in [4.78, 5) is 26.4. The van der Waals surface area contributed by atoms with E-state index in [9.17, 15) is 18.4 Å². The van der Waals surface area contributed by atoms with Crippen LogP contribution in [0, 0.1) is 11.6 Å². The van der Waals surface area contributed by atoms with Crippen molar-refractivity contribution in [2.24, 2.45) is 0 Å². The van der Waals surface area contributed by atoms with Gasteiger partial charge in [-0.3, -0.25) is 9.59 Å². The zero-order chi connectivity index (χ0) is 18.1. The molecule has 1 heterocycles. The number of carbonyl (C=O) groups excluding carboxylic acids is 2. The predicted octanol–water partition coefficient (Wildman–Crippen LogP) is 3.29. The van der Waals surface area contributed by atoms with Crippen LogP contribution in [-0.4, -0.2) is 18.9 Å². The molecule has 25 heavy (non-hydrogen) atoms. The third-order valence-corrected chi connectivity index (χ3v) is 4.55. The van der Waals surface area contributed by atoms with Crippen LogP contribution in [-0.2, 0) is 9.59 Å². The van der Waals surface area contributed by atoms with E-state index >= 15 is 0 Å². The number of rotatable bonds is 3. The molecule has 0 saturated carbocycles. The summed E-state index contributed by atoms with van der Waals surface area (Å²) in [7, 11) is 1.68. The lowest BCUT2D eigenvalue weighted by atomic mass is 9.88. The Kier molecular flexibility index (Phi) is 4.53. The number of amides is 2. The average molecular weight is 344 g/mol. The van der Waals surface area contributed by atoms with Crippen molar-refractivity contribution in [3.8, 4) is 0 Å². The second kappa shape index (κ2) is 6.63. The van der Waals surface area contributed by atoms with Gasteiger partial charge < -0.3 is 10.2 Å². The van der Waals surface area contributed by atoms with Gasteiger partial charge in [0.2, 0.25) is 11.8 Å². The molecule has 1 N–H and O–H groups in total. The van der Waals surface area contributed by atoms with Crippen molar-refractivity contribution in [2.75, 3.05) is 11.9 Å². The molecule has 0 aromatic heterocycles. The van der Waals surface area contributed by atoms with E-state index < -0.39 is 23.6 Å². The topological polar surface area (TPSA) is 49.4 Å². The van der Waals surface area contributed by atoms with Crippen LogP contribution in [0.1, 0.15) is 36.4 Å². The monoisotopic (exact) mass is 344 g/mol. The minimum atomic E-state index is -0.960. The first-order chi connectivity index (χ1) is 11.9. The molecule has 3 rings (SSSR count). The third kappa shape index (κ3) is 3.24. The molecule has 1 aliphatic rings. The van der Waals surface area contributed by atoms with Crippen LogP contribution >= 0.6 is 0 Å². The number of fused-ring (bicyclic) bond motifs is 1. The number of halogens is 2. The van der Waals surface area contributed by atoms with E-state index in [4.69, 9.17) is 0 Å². The van der Waals surface area contributed by atoms with E-state index in [0.717, 1.165) is 17.7 Å². The van der Waals surface area contributed by atoms with Gasteiger partial charge in [-0.1, -0.05) is 24.3 Å². The van der Waals surface area contributed by atoms with Gasteiger partial charge in [0.15, 0.2) is 11.6 Å². The minimum Gasteiger partial charge on any atom is -0.349 e. The number of benzene rings is 2. The number of nitrogens with one attached hydrogen (secondary N) is 1. The third-order valence-electron chi connectivity index (χ3n) is 4.55. The van der Waals surface area contributed by atoms with Crippen LogP contribution in [0.25, 0.3) is 0 Å². The Balaban J connectivity index is 1.82. The van der Waals surface area contributed by atoms with Crippen molar-refractivity contribution in [1.82, 2.24) is 5.32 Å². The molecule has 6 heteroatoms. The van der Waals surface area contributed by atoms with Gasteiger partial charge >= 0.3 is 0 Å². The van der Waals surface area contributed by atoms with Crippen molar-refractivity contribution >= 4 is 17.5 Å². The van der Waals surface area contributed by atoms with Gasteiger partial charge in [0.1, 0.15) is 0 Å². The quantitative estimate of drug-likeness (QED) is 0.929. The van der Waals surface area contributed by atoms with Crippen LogP contribution in [0.5, 0.6) is 0 Å². The number of hydrogen-bond acceptors (Lipinski definition) is 2. The average Bonchev–Trinajstić information content (AvgIpc) is 2.60. The highest BCUT2D eigenvalue weighted by atomic mass is 19.2. The van der Waals surface area contributed by atoms with Crippen molar-refractivity contribution in [3.63, 3.8) is 0 Å². The largest absolute Gasteiger partial charge is 0.349 e. The standard InChI is InChI=1S/C19H18F2N2O2/c1-11(12-7-8-15(20)16(21)9-12)22-19(25)14-10-18(24)23(2)17-6-4-3-5-13(14)17/h3-9,11,14H,10H2,1-2H3,(H,22,25)/t11-,14-/m1/s1. The van der Waals surface area contributed by atoms with Crippen LogP contribution in [0.15, 0.2) is 42.5 Å². The molecule has 2 aromatic carbocycles. The van der Waals surface area contributed by atoms with Crippen LogP contribution in [0.4, 0.5) is 14.5 Å². The molecular weight excluding hydrogens is 326 g/mol. The summed E-state index contributed by atoms with van der Waals surface area (Å²) < 4.78 is 26.4. The Morgan fingerprint density at radius 3 is 2.64 bits per heavy atom. The van der Waals surface area contributed by atoms with E-state index in [-0.39, 0.29) is 18.2 Å². The zero-order valence-electron chi connectivity index (χ0n) is 13.9. The number of nitrogens with zero attached hydrogens (tertiary/aromatic N) is 1. The van der Waals surface area contributed by atoms with Crippen LogP contribution < -0.4 is 10.2 Å². The van der Waals surface area contributed by atoms with Gasteiger partial charge in [-0.2, -0.15) is 0 Å². The molecule has 2 aromatic rings. The number of hydrogen-bond donors (Lipinski definition) is 1. The highest BCUT2D eigenvalue weighted by Crippen LogP contribution is 2.35. The second-order valence-corrected chi connectivity index (χ2v) is 6.17. The molecule has 2 atom stereocenters. The maximum atomic E-state index is 13.4. The Morgan fingerprint density at radius 1 is 1.20 bits per heavy atom. The first-order valence-corrected chi connectivity index (χ1v) is 7.99. The van der Waals surface area contributed by atoms with Crippen LogP contribution in [0.3, 0.4) is 0 Å². The van der Waals surface area contributed by atoms with E-state index in [1.807, 2.05) is 18.2 Å². The van der Waals surface area contributed by atoms with Crippen LogP contribution in [0.2, 0.25) is 0 Å². The smallest absolute Gasteiger partial charge is 0.228 e. The molecule has 0 saturated heterocycles.